The molecule has 3 aromatic carbocycles. The first-order valence-electron chi connectivity index (χ1n) is 7.65. The molecule has 25 heavy (non-hydrogen) atoms. The Morgan fingerprint density at radius 3 is 0.760 bits per heavy atom. The summed E-state index contributed by atoms with van der Waals surface area (Å²) < 4.78 is 0. The fourth-order valence-electron chi connectivity index (χ4n) is 1.69. The first kappa shape index (κ1) is 22.9. The van der Waals surface area contributed by atoms with Crippen molar-refractivity contribution in [2.24, 2.45) is 0 Å². The quantitative estimate of drug-likeness (QED) is 0.438. The van der Waals surface area contributed by atoms with Crippen LogP contribution in [0.15, 0.2) is 72.8 Å². The van der Waals surface area contributed by atoms with Crippen LogP contribution < -0.4 is 0 Å². The van der Waals surface area contributed by atoms with Crippen LogP contribution in [-0.2, 0) is 0 Å². The number of phenols is 3. The molecular formula is C21H24O3Sb. The average Bonchev–Trinajstić information content (AvgIpc) is 2.57. The Balaban J connectivity index is 0.000000339. The van der Waals surface area contributed by atoms with E-state index in [1.165, 1.54) is 0 Å². The third-order valence-electron chi connectivity index (χ3n) is 3.35. The number of hydrogen-bond acceptors (Lipinski definition) is 3. The maximum atomic E-state index is 8.92. The van der Waals surface area contributed by atoms with Crippen molar-refractivity contribution in [1.82, 2.24) is 0 Å². The zero-order chi connectivity index (χ0) is 17.9. The van der Waals surface area contributed by atoms with Gasteiger partial charge in [0.15, 0.2) is 0 Å². The van der Waals surface area contributed by atoms with Crippen LogP contribution >= 0.6 is 0 Å². The molecule has 3 N–H and O–H groups in total. The summed E-state index contributed by atoms with van der Waals surface area (Å²) in [5, 5.41) is 26.8. The van der Waals surface area contributed by atoms with Crippen LogP contribution in [0.25, 0.3) is 0 Å². The van der Waals surface area contributed by atoms with Gasteiger partial charge >= 0.3 is 0 Å². The third kappa shape index (κ3) is 9.07. The molecule has 3 nitrogen and oxygen atoms in total. The molecule has 0 unspecified atom stereocenters. The first-order valence-corrected chi connectivity index (χ1v) is 7.65. The summed E-state index contributed by atoms with van der Waals surface area (Å²) in [5.41, 5.74) is 2.77. The standard InChI is InChI=1S/3C7H8O.Sb/c3*1-6-4-2-3-5-7(6)8;/h3*2-5,8H,1H3;. The van der Waals surface area contributed by atoms with E-state index in [0.717, 1.165) is 16.7 Å². The Kier molecular flexibility index (Phi) is 11.2. The number of aryl methyl sites for hydroxylation is 3. The fraction of sp³-hybridized carbons (Fsp3) is 0.143. The molecule has 131 valence electrons. The zero-order valence-electron chi connectivity index (χ0n) is 14.7. The Morgan fingerprint density at radius 1 is 0.440 bits per heavy atom. The molecule has 0 aromatic heterocycles. The molecule has 0 spiro atoms. The van der Waals surface area contributed by atoms with E-state index < -0.39 is 0 Å². The predicted octanol–water partition coefficient (Wildman–Crippen LogP) is 4.72. The second kappa shape index (κ2) is 12.3. The Bertz CT molecular complexity index is 591. The Morgan fingerprint density at radius 2 is 0.640 bits per heavy atom. The maximum absolute atomic E-state index is 8.92. The maximum Gasteiger partial charge on any atom is 0.118 e. The van der Waals surface area contributed by atoms with Crippen molar-refractivity contribution < 1.29 is 15.3 Å². The van der Waals surface area contributed by atoms with E-state index in [0.29, 0.717) is 17.2 Å². The molecule has 3 radical (unpaired) electrons. The van der Waals surface area contributed by atoms with Gasteiger partial charge in [0.25, 0.3) is 0 Å². The van der Waals surface area contributed by atoms with Gasteiger partial charge in [-0.2, -0.15) is 0 Å². The van der Waals surface area contributed by atoms with E-state index in [9.17, 15) is 0 Å². The van der Waals surface area contributed by atoms with Gasteiger partial charge in [0, 0.05) is 24.4 Å². The van der Waals surface area contributed by atoms with E-state index in [1.54, 1.807) is 18.2 Å². The van der Waals surface area contributed by atoms with Gasteiger partial charge in [-0.05, 0) is 55.7 Å². The molecular weight excluding hydrogens is 422 g/mol. The molecule has 0 saturated heterocycles. The van der Waals surface area contributed by atoms with Crippen molar-refractivity contribution in [1.29, 1.82) is 0 Å². The van der Waals surface area contributed by atoms with Crippen LogP contribution in [0.5, 0.6) is 17.2 Å². The predicted molar refractivity (Wildman–Crippen MR) is 104 cm³/mol. The summed E-state index contributed by atoms with van der Waals surface area (Å²) in [6.07, 6.45) is 0. The van der Waals surface area contributed by atoms with Gasteiger partial charge in [-0.15, -0.1) is 0 Å². The monoisotopic (exact) mass is 445 g/mol. The van der Waals surface area contributed by atoms with Gasteiger partial charge in [-0.1, -0.05) is 54.6 Å². The van der Waals surface area contributed by atoms with Crippen LogP contribution in [0.3, 0.4) is 0 Å². The second-order valence-corrected chi connectivity index (χ2v) is 5.36. The largest absolute Gasteiger partial charge is 0.508 e. The summed E-state index contributed by atoms with van der Waals surface area (Å²) in [7, 11) is 0. The van der Waals surface area contributed by atoms with Gasteiger partial charge in [-0.25, -0.2) is 0 Å². The van der Waals surface area contributed by atoms with Crippen molar-refractivity contribution in [2.75, 3.05) is 0 Å². The Labute approximate surface area is 167 Å². The van der Waals surface area contributed by atoms with E-state index in [-0.39, 0.29) is 24.4 Å². The molecule has 0 aliphatic carbocycles. The summed E-state index contributed by atoms with van der Waals surface area (Å²) >= 11 is 0. The second-order valence-electron chi connectivity index (χ2n) is 5.36. The molecule has 3 rings (SSSR count). The first-order chi connectivity index (χ1) is 11.4. The minimum absolute atomic E-state index is 0. The normalized spacial score (nSPS) is 8.76. The SMILES string of the molecule is Cc1ccccc1O.Cc1ccccc1O.Cc1ccccc1O.[Sb]. The molecule has 3 aromatic rings. The van der Waals surface area contributed by atoms with Crippen LogP contribution in [-0.4, -0.2) is 39.7 Å². The summed E-state index contributed by atoms with van der Waals surface area (Å²) in [6.45, 7) is 5.61. The molecule has 0 aliphatic heterocycles. The molecule has 0 saturated carbocycles. The van der Waals surface area contributed by atoms with Crippen molar-refractivity contribution >= 4 is 24.4 Å². The van der Waals surface area contributed by atoms with Gasteiger partial charge in [0.05, 0.1) is 0 Å². The zero-order valence-corrected chi connectivity index (χ0v) is 17.3. The number of para-hydroxylation sites is 3. The molecule has 0 fully saturated rings. The summed E-state index contributed by atoms with van der Waals surface area (Å²) in [5.74, 6) is 1.10. The van der Waals surface area contributed by atoms with Gasteiger partial charge in [0.2, 0.25) is 0 Å². The third-order valence-corrected chi connectivity index (χ3v) is 3.35. The molecule has 0 heterocycles. The number of benzene rings is 3. The molecule has 4 heteroatoms. The Hall–Kier alpha value is -2.12. The van der Waals surface area contributed by atoms with E-state index in [2.05, 4.69) is 0 Å². The number of hydrogen-bond donors (Lipinski definition) is 3. The van der Waals surface area contributed by atoms with Gasteiger partial charge in [-0.3, -0.25) is 0 Å². The number of phenolic OH excluding ortho intramolecular Hbond substituents is 3. The smallest absolute Gasteiger partial charge is 0.118 e. The van der Waals surface area contributed by atoms with E-state index >= 15 is 0 Å². The molecule has 0 bridgehead atoms. The molecule has 0 aliphatic rings. The van der Waals surface area contributed by atoms with Crippen LogP contribution in [0.2, 0.25) is 0 Å². The van der Waals surface area contributed by atoms with Crippen molar-refractivity contribution in [3.05, 3.63) is 89.5 Å². The topological polar surface area (TPSA) is 60.7 Å². The van der Waals surface area contributed by atoms with Crippen molar-refractivity contribution in [3.63, 3.8) is 0 Å². The van der Waals surface area contributed by atoms with Crippen molar-refractivity contribution in [2.45, 2.75) is 20.8 Å². The van der Waals surface area contributed by atoms with Crippen LogP contribution in [0, 0.1) is 20.8 Å². The number of aromatic hydroxyl groups is 3. The molecule has 0 amide bonds. The number of rotatable bonds is 0. The minimum atomic E-state index is 0. The van der Waals surface area contributed by atoms with Crippen LogP contribution in [0.1, 0.15) is 16.7 Å². The summed E-state index contributed by atoms with van der Waals surface area (Å²) in [4.78, 5) is 0. The molecule has 0 atom stereocenters. The average molecular weight is 446 g/mol. The summed E-state index contributed by atoms with van der Waals surface area (Å²) in [6, 6.07) is 21.8. The fourth-order valence-corrected chi connectivity index (χ4v) is 1.69. The van der Waals surface area contributed by atoms with E-state index in [4.69, 9.17) is 15.3 Å². The van der Waals surface area contributed by atoms with Gasteiger partial charge < -0.3 is 15.3 Å². The van der Waals surface area contributed by atoms with Crippen LogP contribution in [0.4, 0.5) is 0 Å². The van der Waals surface area contributed by atoms with Crippen molar-refractivity contribution in [3.8, 4) is 17.2 Å². The van der Waals surface area contributed by atoms with E-state index in [1.807, 2.05) is 75.4 Å². The minimum Gasteiger partial charge on any atom is -0.508 e. The van der Waals surface area contributed by atoms with Gasteiger partial charge in [0.1, 0.15) is 17.2 Å².